The normalized spacial score (nSPS) is 12.7. The first kappa shape index (κ1) is 13.6. The van der Waals surface area contributed by atoms with Gasteiger partial charge in [-0.25, -0.2) is 0 Å². The fourth-order valence-electron chi connectivity index (χ4n) is 2.18. The van der Waals surface area contributed by atoms with Crippen molar-refractivity contribution >= 4 is 0 Å². The molecule has 102 valence electrons. The molecule has 0 amide bonds. The summed E-state index contributed by atoms with van der Waals surface area (Å²) in [5.41, 5.74) is 2.66. The number of ether oxygens (including phenoxy) is 1. The van der Waals surface area contributed by atoms with E-state index in [0.29, 0.717) is 11.4 Å². The fourth-order valence-corrected chi connectivity index (χ4v) is 2.18. The molecule has 0 aliphatic rings. The minimum absolute atomic E-state index is 0.165. The maximum absolute atomic E-state index is 10.6. The van der Waals surface area contributed by atoms with Crippen LogP contribution in [0.4, 0.5) is 0 Å². The molecule has 0 aliphatic carbocycles. The number of hydrogen-bond acceptors (Lipinski definition) is 3. The van der Waals surface area contributed by atoms with Crippen LogP contribution in [0.15, 0.2) is 30.5 Å². The summed E-state index contributed by atoms with van der Waals surface area (Å²) >= 11 is 0. The molecule has 19 heavy (non-hydrogen) atoms. The van der Waals surface area contributed by atoms with E-state index in [4.69, 9.17) is 4.74 Å². The number of nitrogens with zero attached hydrogens (tertiary/aromatic N) is 2. The topological polar surface area (TPSA) is 47.3 Å². The van der Waals surface area contributed by atoms with Crippen LogP contribution in [0.2, 0.25) is 0 Å². The minimum Gasteiger partial charge on any atom is -0.493 e. The average molecular weight is 260 g/mol. The Balaban J connectivity index is 2.48. The Morgan fingerprint density at radius 2 is 2.05 bits per heavy atom. The molecule has 1 aromatic carbocycles. The second-order valence-electron chi connectivity index (χ2n) is 4.95. The molecule has 1 aromatic heterocycles. The number of aryl methyl sites for hydroxylation is 1. The van der Waals surface area contributed by atoms with Gasteiger partial charge in [0.05, 0.1) is 13.3 Å². The SMILES string of the molecule is COc1cnn(C(C)C)c1C(O)c1cccc(C)c1. The van der Waals surface area contributed by atoms with Gasteiger partial charge in [0.1, 0.15) is 11.8 Å². The summed E-state index contributed by atoms with van der Waals surface area (Å²) in [6.45, 7) is 6.06. The van der Waals surface area contributed by atoms with Crippen LogP contribution < -0.4 is 4.74 Å². The molecule has 0 radical (unpaired) electrons. The van der Waals surface area contributed by atoms with E-state index in [1.807, 2.05) is 45.0 Å². The smallest absolute Gasteiger partial charge is 0.163 e. The Hall–Kier alpha value is -1.81. The standard InChI is InChI=1S/C15H20N2O2/c1-10(2)17-14(13(19-4)9-16-17)15(18)12-7-5-6-11(3)8-12/h5-10,15,18H,1-4H3. The van der Waals surface area contributed by atoms with Gasteiger partial charge in [0.15, 0.2) is 5.75 Å². The van der Waals surface area contributed by atoms with Gasteiger partial charge in [-0.05, 0) is 26.3 Å². The minimum atomic E-state index is -0.736. The third-order valence-corrected chi connectivity index (χ3v) is 3.12. The largest absolute Gasteiger partial charge is 0.493 e. The number of methoxy groups -OCH3 is 1. The van der Waals surface area contributed by atoms with E-state index in [2.05, 4.69) is 5.10 Å². The zero-order valence-electron chi connectivity index (χ0n) is 11.8. The summed E-state index contributed by atoms with van der Waals surface area (Å²) in [6.07, 6.45) is 0.911. The highest BCUT2D eigenvalue weighted by Crippen LogP contribution is 2.31. The van der Waals surface area contributed by atoms with Gasteiger partial charge in [0.2, 0.25) is 0 Å². The van der Waals surface area contributed by atoms with Crippen molar-refractivity contribution in [3.63, 3.8) is 0 Å². The molecule has 1 heterocycles. The molecule has 1 N–H and O–H groups in total. The first-order chi connectivity index (χ1) is 9.04. The molecule has 0 saturated heterocycles. The molecule has 0 bridgehead atoms. The van der Waals surface area contributed by atoms with Gasteiger partial charge in [-0.1, -0.05) is 29.8 Å². The van der Waals surface area contributed by atoms with E-state index in [1.165, 1.54) is 0 Å². The Kier molecular flexibility index (Phi) is 3.90. The molecular weight excluding hydrogens is 240 g/mol. The third kappa shape index (κ3) is 2.63. The van der Waals surface area contributed by atoms with E-state index in [0.717, 1.165) is 11.1 Å². The van der Waals surface area contributed by atoms with Crippen molar-refractivity contribution < 1.29 is 9.84 Å². The van der Waals surface area contributed by atoms with Crippen molar-refractivity contribution in [2.24, 2.45) is 0 Å². The van der Waals surface area contributed by atoms with Gasteiger partial charge >= 0.3 is 0 Å². The van der Waals surface area contributed by atoms with E-state index >= 15 is 0 Å². The second kappa shape index (κ2) is 5.45. The van der Waals surface area contributed by atoms with Crippen molar-refractivity contribution in [2.45, 2.75) is 32.9 Å². The highest BCUT2D eigenvalue weighted by atomic mass is 16.5. The van der Waals surface area contributed by atoms with Crippen LogP contribution in [0.5, 0.6) is 5.75 Å². The predicted octanol–water partition coefficient (Wildman–Crippen LogP) is 2.86. The van der Waals surface area contributed by atoms with E-state index in [1.54, 1.807) is 18.0 Å². The highest BCUT2D eigenvalue weighted by Gasteiger charge is 2.22. The molecule has 0 fully saturated rings. The molecule has 4 nitrogen and oxygen atoms in total. The van der Waals surface area contributed by atoms with Crippen molar-refractivity contribution in [1.82, 2.24) is 9.78 Å². The van der Waals surface area contributed by atoms with Crippen LogP contribution in [-0.4, -0.2) is 22.0 Å². The highest BCUT2D eigenvalue weighted by molar-refractivity contribution is 5.36. The lowest BCUT2D eigenvalue weighted by molar-refractivity contribution is 0.199. The van der Waals surface area contributed by atoms with Crippen LogP contribution in [-0.2, 0) is 0 Å². The zero-order valence-corrected chi connectivity index (χ0v) is 11.8. The summed E-state index contributed by atoms with van der Waals surface area (Å²) in [6, 6.07) is 8.00. The molecule has 2 rings (SSSR count). The quantitative estimate of drug-likeness (QED) is 0.919. The molecule has 0 aliphatic heterocycles. The molecule has 4 heteroatoms. The summed E-state index contributed by atoms with van der Waals surface area (Å²) in [7, 11) is 1.59. The van der Waals surface area contributed by atoms with Gasteiger partial charge in [0.25, 0.3) is 0 Å². The molecule has 1 unspecified atom stereocenters. The van der Waals surface area contributed by atoms with Crippen molar-refractivity contribution in [3.05, 3.63) is 47.3 Å². The molecule has 2 aromatic rings. The third-order valence-electron chi connectivity index (χ3n) is 3.12. The first-order valence-corrected chi connectivity index (χ1v) is 6.40. The first-order valence-electron chi connectivity index (χ1n) is 6.40. The maximum Gasteiger partial charge on any atom is 0.163 e. The van der Waals surface area contributed by atoms with Crippen LogP contribution in [0.25, 0.3) is 0 Å². The van der Waals surface area contributed by atoms with Gasteiger partial charge in [0, 0.05) is 6.04 Å². The van der Waals surface area contributed by atoms with Crippen LogP contribution in [0, 0.1) is 6.92 Å². The van der Waals surface area contributed by atoms with Crippen molar-refractivity contribution in [1.29, 1.82) is 0 Å². The summed E-state index contributed by atoms with van der Waals surface area (Å²) in [4.78, 5) is 0. The molecule has 0 saturated carbocycles. The van der Waals surface area contributed by atoms with E-state index in [9.17, 15) is 5.11 Å². The second-order valence-corrected chi connectivity index (χ2v) is 4.95. The van der Waals surface area contributed by atoms with Gasteiger partial charge in [-0.3, -0.25) is 4.68 Å². The van der Waals surface area contributed by atoms with E-state index in [-0.39, 0.29) is 6.04 Å². The molecule has 1 atom stereocenters. The number of aliphatic hydroxyl groups is 1. The summed E-state index contributed by atoms with van der Waals surface area (Å²) in [5.74, 6) is 0.614. The number of benzene rings is 1. The number of aromatic nitrogens is 2. The zero-order chi connectivity index (χ0) is 14.0. The lowest BCUT2D eigenvalue weighted by Crippen LogP contribution is -2.13. The van der Waals surface area contributed by atoms with Crippen LogP contribution in [0.1, 0.15) is 42.8 Å². The number of rotatable bonds is 4. The molecule has 0 spiro atoms. The number of aliphatic hydroxyl groups excluding tert-OH is 1. The Labute approximate surface area is 113 Å². The Bertz CT molecular complexity index is 561. The van der Waals surface area contributed by atoms with Gasteiger partial charge in [-0.2, -0.15) is 5.10 Å². The Morgan fingerprint density at radius 3 is 2.63 bits per heavy atom. The van der Waals surface area contributed by atoms with E-state index < -0.39 is 6.10 Å². The van der Waals surface area contributed by atoms with Crippen molar-refractivity contribution in [3.8, 4) is 5.75 Å². The fraction of sp³-hybridized carbons (Fsp3) is 0.400. The summed E-state index contributed by atoms with van der Waals surface area (Å²) in [5, 5.41) is 14.9. The average Bonchev–Trinajstić information content (AvgIpc) is 2.81. The van der Waals surface area contributed by atoms with Crippen LogP contribution in [0.3, 0.4) is 0 Å². The monoisotopic (exact) mass is 260 g/mol. The van der Waals surface area contributed by atoms with Gasteiger partial charge in [-0.15, -0.1) is 0 Å². The lowest BCUT2D eigenvalue weighted by atomic mass is 10.0. The summed E-state index contributed by atoms with van der Waals surface area (Å²) < 4.78 is 7.10. The Morgan fingerprint density at radius 1 is 1.32 bits per heavy atom. The van der Waals surface area contributed by atoms with Gasteiger partial charge < -0.3 is 9.84 Å². The molecular formula is C15H20N2O2. The predicted molar refractivity (Wildman–Crippen MR) is 74.4 cm³/mol. The lowest BCUT2D eigenvalue weighted by Gasteiger charge is -2.17. The van der Waals surface area contributed by atoms with Crippen molar-refractivity contribution in [2.75, 3.05) is 7.11 Å². The number of hydrogen-bond donors (Lipinski definition) is 1. The van der Waals surface area contributed by atoms with Crippen LogP contribution >= 0.6 is 0 Å². The maximum atomic E-state index is 10.6.